The van der Waals surface area contributed by atoms with Crippen LogP contribution in [0.4, 0.5) is 0 Å². The van der Waals surface area contributed by atoms with Crippen LogP contribution in [0.3, 0.4) is 0 Å². The number of aromatic nitrogens is 2. The monoisotopic (exact) mass is 341 g/mol. The van der Waals surface area contributed by atoms with Gasteiger partial charge in [-0.05, 0) is 18.6 Å². The van der Waals surface area contributed by atoms with Gasteiger partial charge in [0.2, 0.25) is 0 Å². The molecular weight excluding hydrogens is 322 g/mol. The number of carbonyl (C=O) groups is 1. The van der Waals surface area contributed by atoms with Gasteiger partial charge in [-0.25, -0.2) is 4.98 Å². The first-order chi connectivity index (χ1) is 11.6. The molecule has 0 radical (unpaired) electrons. The Morgan fingerprint density at radius 3 is 2.79 bits per heavy atom. The second kappa shape index (κ2) is 7.42. The zero-order valence-electron chi connectivity index (χ0n) is 13.3. The normalized spacial score (nSPS) is 12.1. The smallest absolute Gasteiger partial charge is 0.270 e. The molecule has 0 bridgehead atoms. The van der Waals surface area contributed by atoms with Crippen molar-refractivity contribution in [2.24, 2.45) is 7.05 Å². The maximum absolute atomic E-state index is 12.2. The molecule has 0 saturated carbocycles. The topological polar surface area (TPSA) is 67.2 Å². The van der Waals surface area contributed by atoms with Crippen LogP contribution in [0.1, 0.15) is 28.7 Å². The lowest BCUT2D eigenvalue weighted by Gasteiger charge is -2.12. The van der Waals surface area contributed by atoms with Gasteiger partial charge >= 0.3 is 0 Å². The minimum atomic E-state index is -0.597. The quantitative estimate of drug-likeness (QED) is 0.724. The lowest BCUT2D eigenvalue weighted by Crippen LogP contribution is -2.26. The van der Waals surface area contributed by atoms with Crippen molar-refractivity contribution in [2.45, 2.75) is 12.5 Å². The predicted molar refractivity (Wildman–Crippen MR) is 94.9 cm³/mol. The van der Waals surface area contributed by atoms with E-state index in [1.807, 2.05) is 60.3 Å². The van der Waals surface area contributed by atoms with Crippen LogP contribution in [-0.2, 0) is 7.05 Å². The zero-order chi connectivity index (χ0) is 16.9. The van der Waals surface area contributed by atoms with Gasteiger partial charge in [-0.3, -0.25) is 4.79 Å². The number of benzene rings is 1. The molecular formula is C18H19N3O2S. The first kappa shape index (κ1) is 16.4. The highest BCUT2D eigenvalue weighted by Gasteiger charge is 2.14. The van der Waals surface area contributed by atoms with Crippen LogP contribution in [0.25, 0.3) is 10.6 Å². The van der Waals surface area contributed by atoms with Crippen LogP contribution in [0.5, 0.6) is 0 Å². The molecule has 2 N–H and O–H groups in total. The largest absolute Gasteiger partial charge is 0.387 e. The fraction of sp³-hybridized carbons (Fsp3) is 0.222. The Balaban J connectivity index is 1.54. The minimum Gasteiger partial charge on any atom is -0.387 e. The van der Waals surface area contributed by atoms with Crippen molar-refractivity contribution in [3.05, 3.63) is 65.4 Å². The summed E-state index contributed by atoms with van der Waals surface area (Å²) >= 11 is 1.45. The summed E-state index contributed by atoms with van der Waals surface area (Å²) in [5, 5.41) is 15.5. The Hall–Kier alpha value is -2.44. The number of nitrogens with zero attached hydrogens (tertiary/aromatic N) is 2. The third-order valence-electron chi connectivity index (χ3n) is 3.79. The Kier molecular flexibility index (Phi) is 5.08. The van der Waals surface area contributed by atoms with Gasteiger partial charge in [0.1, 0.15) is 10.7 Å². The van der Waals surface area contributed by atoms with E-state index in [0.717, 1.165) is 16.3 Å². The van der Waals surface area contributed by atoms with Crippen molar-refractivity contribution in [1.29, 1.82) is 0 Å². The van der Waals surface area contributed by atoms with Crippen LogP contribution in [0.15, 0.2) is 54.0 Å². The SMILES string of the molecule is Cn1cccc1C(O)CCNC(=O)c1csc(-c2ccccc2)n1. The Bertz CT molecular complexity index is 811. The molecule has 1 amide bonds. The number of thiazole rings is 1. The van der Waals surface area contributed by atoms with Crippen molar-refractivity contribution in [1.82, 2.24) is 14.9 Å². The maximum Gasteiger partial charge on any atom is 0.270 e. The summed E-state index contributed by atoms with van der Waals surface area (Å²) in [4.78, 5) is 16.6. The Morgan fingerprint density at radius 1 is 1.29 bits per heavy atom. The first-order valence-corrected chi connectivity index (χ1v) is 8.61. The molecule has 0 aliphatic heterocycles. The first-order valence-electron chi connectivity index (χ1n) is 7.73. The standard InChI is InChI=1S/C18H19N3O2S/c1-21-11-5-8-15(21)16(22)9-10-19-17(23)14-12-24-18(20-14)13-6-3-2-4-7-13/h2-8,11-12,16,22H,9-10H2,1H3,(H,19,23). The van der Waals surface area contributed by atoms with E-state index in [1.165, 1.54) is 11.3 Å². The molecule has 3 rings (SSSR count). The van der Waals surface area contributed by atoms with Crippen molar-refractivity contribution in [3.63, 3.8) is 0 Å². The molecule has 2 aromatic heterocycles. The van der Waals surface area contributed by atoms with Crippen LogP contribution >= 0.6 is 11.3 Å². The lowest BCUT2D eigenvalue weighted by atomic mass is 10.2. The third kappa shape index (κ3) is 3.72. The fourth-order valence-corrected chi connectivity index (χ4v) is 3.28. The van der Waals surface area contributed by atoms with Crippen LogP contribution in [-0.4, -0.2) is 27.1 Å². The van der Waals surface area contributed by atoms with E-state index >= 15 is 0 Å². The van der Waals surface area contributed by atoms with Gasteiger partial charge < -0.3 is 15.0 Å². The summed E-state index contributed by atoms with van der Waals surface area (Å²) in [6.07, 6.45) is 1.75. The number of hydrogen-bond acceptors (Lipinski definition) is 4. The van der Waals surface area contributed by atoms with Gasteiger partial charge in [0, 0.05) is 36.4 Å². The van der Waals surface area contributed by atoms with Crippen LogP contribution in [0.2, 0.25) is 0 Å². The van der Waals surface area contributed by atoms with E-state index in [9.17, 15) is 9.90 Å². The zero-order valence-corrected chi connectivity index (χ0v) is 14.2. The van der Waals surface area contributed by atoms with E-state index in [-0.39, 0.29) is 5.91 Å². The molecule has 0 aliphatic rings. The molecule has 0 spiro atoms. The van der Waals surface area contributed by atoms with Crippen molar-refractivity contribution in [2.75, 3.05) is 6.54 Å². The van der Waals surface area contributed by atoms with E-state index in [1.54, 1.807) is 5.38 Å². The fourth-order valence-electron chi connectivity index (χ4n) is 2.47. The third-order valence-corrected chi connectivity index (χ3v) is 4.68. The average Bonchev–Trinajstić information content (AvgIpc) is 3.24. The van der Waals surface area contributed by atoms with Gasteiger partial charge in [0.25, 0.3) is 5.91 Å². The molecule has 2 heterocycles. The second-order valence-corrected chi connectivity index (χ2v) is 6.37. The number of hydrogen-bond donors (Lipinski definition) is 2. The van der Waals surface area contributed by atoms with Gasteiger partial charge in [-0.1, -0.05) is 30.3 Å². The Labute approximate surface area is 144 Å². The van der Waals surface area contributed by atoms with Gasteiger partial charge in [0.05, 0.1) is 6.10 Å². The van der Waals surface area contributed by atoms with E-state index < -0.39 is 6.10 Å². The molecule has 6 heteroatoms. The maximum atomic E-state index is 12.2. The second-order valence-electron chi connectivity index (χ2n) is 5.51. The van der Waals surface area contributed by atoms with Crippen molar-refractivity contribution < 1.29 is 9.90 Å². The van der Waals surface area contributed by atoms with E-state index in [0.29, 0.717) is 18.7 Å². The van der Waals surface area contributed by atoms with E-state index in [4.69, 9.17) is 0 Å². The van der Waals surface area contributed by atoms with Gasteiger partial charge in [-0.2, -0.15) is 0 Å². The van der Waals surface area contributed by atoms with Crippen LogP contribution < -0.4 is 5.32 Å². The number of rotatable bonds is 6. The molecule has 3 aromatic rings. The highest BCUT2D eigenvalue weighted by molar-refractivity contribution is 7.13. The summed E-state index contributed by atoms with van der Waals surface area (Å²) in [5.74, 6) is -0.215. The summed E-state index contributed by atoms with van der Waals surface area (Å²) in [6, 6.07) is 13.5. The summed E-state index contributed by atoms with van der Waals surface area (Å²) < 4.78 is 1.87. The summed E-state index contributed by atoms with van der Waals surface area (Å²) in [7, 11) is 1.89. The number of aliphatic hydroxyl groups is 1. The van der Waals surface area contributed by atoms with Crippen molar-refractivity contribution >= 4 is 17.2 Å². The van der Waals surface area contributed by atoms with Gasteiger partial charge in [0.15, 0.2) is 0 Å². The molecule has 1 atom stereocenters. The predicted octanol–water partition coefficient (Wildman–Crippen LogP) is 3.00. The highest BCUT2D eigenvalue weighted by atomic mass is 32.1. The minimum absolute atomic E-state index is 0.215. The molecule has 1 unspecified atom stereocenters. The molecule has 0 saturated heterocycles. The average molecular weight is 341 g/mol. The lowest BCUT2D eigenvalue weighted by molar-refractivity contribution is 0.0937. The molecule has 1 aromatic carbocycles. The summed E-state index contributed by atoms with van der Waals surface area (Å²) in [6.45, 7) is 0.392. The number of amides is 1. The highest BCUT2D eigenvalue weighted by Crippen LogP contribution is 2.23. The number of nitrogens with one attached hydrogen (secondary N) is 1. The molecule has 24 heavy (non-hydrogen) atoms. The number of carbonyl (C=O) groups excluding carboxylic acids is 1. The molecule has 124 valence electrons. The molecule has 0 aliphatic carbocycles. The van der Waals surface area contributed by atoms with E-state index in [2.05, 4.69) is 10.3 Å². The number of aliphatic hydroxyl groups excluding tert-OH is 1. The van der Waals surface area contributed by atoms with Gasteiger partial charge in [-0.15, -0.1) is 11.3 Å². The molecule has 5 nitrogen and oxygen atoms in total. The summed E-state index contributed by atoms with van der Waals surface area (Å²) in [5.41, 5.74) is 2.25. The number of aryl methyl sites for hydroxylation is 1. The Morgan fingerprint density at radius 2 is 2.08 bits per heavy atom. The van der Waals surface area contributed by atoms with Crippen molar-refractivity contribution in [3.8, 4) is 10.6 Å². The van der Waals surface area contributed by atoms with Crippen LogP contribution in [0, 0.1) is 0 Å². The molecule has 0 fully saturated rings.